The molecule has 2 aromatic rings. The third-order valence-electron chi connectivity index (χ3n) is 4.85. The van der Waals surface area contributed by atoms with Gasteiger partial charge < -0.3 is 18.9 Å². The molecule has 0 amide bonds. The molecule has 0 saturated carbocycles. The predicted octanol–water partition coefficient (Wildman–Crippen LogP) is 5.51. The van der Waals surface area contributed by atoms with Crippen molar-refractivity contribution in [1.29, 1.82) is 0 Å². The van der Waals surface area contributed by atoms with Gasteiger partial charge in [-0.25, -0.2) is 4.79 Å². The lowest BCUT2D eigenvalue weighted by molar-refractivity contribution is -0.149. The molecule has 2 aromatic carbocycles. The number of benzene rings is 2. The van der Waals surface area contributed by atoms with Crippen LogP contribution < -0.4 is 14.2 Å². The summed E-state index contributed by atoms with van der Waals surface area (Å²) in [5.41, 5.74) is 4.11. The molecule has 156 valence electrons. The Morgan fingerprint density at radius 1 is 1.07 bits per heavy atom. The first-order chi connectivity index (χ1) is 14.1. The van der Waals surface area contributed by atoms with Crippen molar-refractivity contribution in [3.8, 4) is 17.2 Å². The zero-order valence-electron chi connectivity index (χ0n) is 17.1. The smallest absolute Gasteiger partial charge is 0.351 e. The van der Waals surface area contributed by atoms with Crippen molar-refractivity contribution in [3.05, 3.63) is 52.6 Å². The molecule has 3 rings (SSSR count). The van der Waals surface area contributed by atoms with Gasteiger partial charge in [0.2, 0.25) is 12.9 Å². The fourth-order valence-corrected chi connectivity index (χ4v) is 3.84. The highest BCUT2D eigenvalue weighted by Crippen LogP contribution is 2.38. The van der Waals surface area contributed by atoms with E-state index in [0.717, 1.165) is 47.9 Å². The summed E-state index contributed by atoms with van der Waals surface area (Å²) >= 11 is 3.56. The Hall–Kier alpha value is -2.21. The zero-order chi connectivity index (χ0) is 20.8. The van der Waals surface area contributed by atoms with Crippen LogP contribution in [0.5, 0.6) is 17.2 Å². The molecule has 6 heteroatoms. The molecule has 1 heterocycles. The van der Waals surface area contributed by atoms with Gasteiger partial charge in [0.05, 0.1) is 7.11 Å². The van der Waals surface area contributed by atoms with Gasteiger partial charge in [0.1, 0.15) is 5.75 Å². The summed E-state index contributed by atoms with van der Waals surface area (Å²) < 4.78 is 22.3. The van der Waals surface area contributed by atoms with Crippen LogP contribution >= 0.6 is 15.9 Å². The van der Waals surface area contributed by atoms with E-state index in [9.17, 15) is 4.79 Å². The van der Waals surface area contributed by atoms with E-state index in [2.05, 4.69) is 41.9 Å². The largest absolute Gasteiger partial charge is 0.473 e. The number of rotatable bonds is 9. The quantitative estimate of drug-likeness (QED) is 0.363. The van der Waals surface area contributed by atoms with Gasteiger partial charge in [-0.15, -0.1) is 0 Å². The molecule has 1 atom stereocenters. The maximum Gasteiger partial charge on any atom is 0.351 e. The standard InChI is InChI=1S/C23H27BrO5/c1-4-6-16-10-15(13-24)11-17(7-5-2)21(16)29-22(23(25)26-3)18-8-9-19-20(12-18)28-14-27-19/h8-12,22H,4-7,13-14H2,1-3H3. The highest BCUT2D eigenvalue weighted by Gasteiger charge is 2.28. The van der Waals surface area contributed by atoms with Crippen LogP contribution in [-0.4, -0.2) is 19.9 Å². The number of ether oxygens (including phenoxy) is 4. The fraction of sp³-hybridized carbons (Fsp3) is 0.435. The number of esters is 1. The van der Waals surface area contributed by atoms with Gasteiger partial charge in [0, 0.05) is 10.9 Å². The Labute approximate surface area is 180 Å². The second-order valence-corrected chi connectivity index (χ2v) is 7.57. The molecule has 1 aliphatic heterocycles. The lowest BCUT2D eigenvalue weighted by Gasteiger charge is -2.23. The fourth-order valence-electron chi connectivity index (χ4n) is 3.52. The molecular formula is C23H27BrO5. The summed E-state index contributed by atoms with van der Waals surface area (Å²) in [6, 6.07) is 9.71. The number of aryl methyl sites for hydroxylation is 2. The number of halogens is 1. The van der Waals surface area contributed by atoms with Crippen molar-refractivity contribution in [2.24, 2.45) is 0 Å². The van der Waals surface area contributed by atoms with Crippen LogP contribution in [-0.2, 0) is 27.7 Å². The Morgan fingerprint density at radius 2 is 1.72 bits per heavy atom. The summed E-state index contributed by atoms with van der Waals surface area (Å²) in [6.45, 7) is 4.46. The highest BCUT2D eigenvalue weighted by atomic mass is 79.9. The Balaban J connectivity index is 2.04. The molecule has 0 aliphatic carbocycles. The number of hydrogen-bond acceptors (Lipinski definition) is 5. The van der Waals surface area contributed by atoms with Crippen LogP contribution in [0, 0.1) is 0 Å². The van der Waals surface area contributed by atoms with Crippen LogP contribution in [0.2, 0.25) is 0 Å². The molecule has 0 bridgehead atoms. The van der Waals surface area contributed by atoms with Crippen LogP contribution in [0.1, 0.15) is 55.0 Å². The molecule has 1 unspecified atom stereocenters. The first-order valence-electron chi connectivity index (χ1n) is 9.95. The number of carbonyl (C=O) groups excluding carboxylic acids is 1. The van der Waals surface area contributed by atoms with Gasteiger partial charge in [-0.3, -0.25) is 0 Å². The Morgan fingerprint density at radius 3 is 2.31 bits per heavy atom. The van der Waals surface area contributed by atoms with E-state index in [1.165, 1.54) is 12.7 Å². The minimum absolute atomic E-state index is 0.178. The van der Waals surface area contributed by atoms with Crippen LogP contribution in [0.25, 0.3) is 0 Å². The minimum atomic E-state index is -0.879. The number of hydrogen-bond donors (Lipinski definition) is 0. The third kappa shape index (κ3) is 4.86. The van der Waals surface area contributed by atoms with E-state index in [0.29, 0.717) is 17.1 Å². The summed E-state index contributed by atoms with van der Waals surface area (Å²) in [6.07, 6.45) is 2.85. The first kappa shape index (κ1) is 21.5. The van der Waals surface area contributed by atoms with Gasteiger partial charge >= 0.3 is 5.97 Å². The lowest BCUT2D eigenvalue weighted by atomic mass is 9.98. The first-order valence-corrected chi connectivity index (χ1v) is 11.1. The number of alkyl halides is 1. The van der Waals surface area contributed by atoms with E-state index in [4.69, 9.17) is 18.9 Å². The van der Waals surface area contributed by atoms with Gasteiger partial charge in [-0.2, -0.15) is 0 Å². The molecule has 0 spiro atoms. The molecule has 0 aromatic heterocycles. The molecule has 0 N–H and O–H groups in total. The number of fused-ring (bicyclic) bond motifs is 1. The average Bonchev–Trinajstić information content (AvgIpc) is 3.20. The lowest BCUT2D eigenvalue weighted by Crippen LogP contribution is -2.21. The molecule has 5 nitrogen and oxygen atoms in total. The second kappa shape index (κ2) is 10.0. The van der Waals surface area contributed by atoms with E-state index < -0.39 is 12.1 Å². The maximum atomic E-state index is 12.7. The summed E-state index contributed by atoms with van der Waals surface area (Å²) in [5, 5.41) is 0.781. The van der Waals surface area contributed by atoms with Crippen LogP contribution in [0.4, 0.5) is 0 Å². The molecule has 1 aliphatic rings. The van der Waals surface area contributed by atoms with Gasteiger partial charge in [0.25, 0.3) is 0 Å². The number of methoxy groups -OCH3 is 1. The SMILES string of the molecule is CCCc1cc(CBr)cc(CCC)c1OC(C(=O)OC)c1ccc2c(c1)OCO2. The highest BCUT2D eigenvalue weighted by molar-refractivity contribution is 9.08. The van der Waals surface area contributed by atoms with Crippen molar-refractivity contribution in [2.45, 2.75) is 51.0 Å². The van der Waals surface area contributed by atoms with Crippen LogP contribution in [0.3, 0.4) is 0 Å². The summed E-state index contributed by atoms with van der Waals surface area (Å²) in [7, 11) is 1.37. The van der Waals surface area contributed by atoms with E-state index in [1.54, 1.807) is 12.1 Å². The van der Waals surface area contributed by atoms with Crippen molar-refractivity contribution < 1.29 is 23.7 Å². The van der Waals surface area contributed by atoms with Crippen molar-refractivity contribution in [1.82, 2.24) is 0 Å². The zero-order valence-corrected chi connectivity index (χ0v) is 18.7. The van der Waals surface area contributed by atoms with Gasteiger partial charge in [0.15, 0.2) is 11.5 Å². The Kier molecular flexibility index (Phi) is 7.42. The molecule has 0 fully saturated rings. The normalized spacial score (nSPS) is 13.2. The van der Waals surface area contributed by atoms with E-state index in [-0.39, 0.29) is 6.79 Å². The van der Waals surface area contributed by atoms with Crippen molar-refractivity contribution in [3.63, 3.8) is 0 Å². The molecule has 0 saturated heterocycles. The number of carbonyl (C=O) groups is 1. The summed E-state index contributed by atoms with van der Waals surface area (Å²) in [5.74, 6) is 1.61. The molecule has 0 radical (unpaired) electrons. The topological polar surface area (TPSA) is 54.0 Å². The van der Waals surface area contributed by atoms with Crippen LogP contribution in [0.15, 0.2) is 30.3 Å². The Bertz CT molecular complexity index is 837. The van der Waals surface area contributed by atoms with Crippen molar-refractivity contribution in [2.75, 3.05) is 13.9 Å². The molecule has 29 heavy (non-hydrogen) atoms. The monoisotopic (exact) mass is 462 g/mol. The molecular weight excluding hydrogens is 436 g/mol. The van der Waals surface area contributed by atoms with Gasteiger partial charge in [-0.05, 0) is 41.7 Å². The predicted molar refractivity (Wildman–Crippen MR) is 115 cm³/mol. The second-order valence-electron chi connectivity index (χ2n) is 7.01. The maximum absolute atomic E-state index is 12.7. The minimum Gasteiger partial charge on any atom is -0.473 e. The van der Waals surface area contributed by atoms with Gasteiger partial charge in [-0.1, -0.05) is 60.8 Å². The average molecular weight is 463 g/mol. The van der Waals surface area contributed by atoms with E-state index >= 15 is 0 Å². The summed E-state index contributed by atoms with van der Waals surface area (Å²) in [4.78, 5) is 12.7. The third-order valence-corrected chi connectivity index (χ3v) is 5.49. The van der Waals surface area contributed by atoms with E-state index in [1.807, 2.05) is 6.07 Å². The van der Waals surface area contributed by atoms with Crippen molar-refractivity contribution >= 4 is 21.9 Å².